The van der Waals surface area contributed by atoms with Gasteiger partial charge in [-0.1, -0.05) is 44.1 Å². The minimum Gasteiger partial charge on any atom is -0.303 e. The third kappa shape index (κ3) is 14.3. The Morgan fingerprint density at radius 2 is 1.44 bits per heavy atom. The number of allylic oxidation sites excluding steroid dienone is 7. The Labute approximate surface area is 160 Å². The first kappa shape index (κ1) is 24.4. The van der Waals surface area contributed by atoms with Gasteiger partial charge in [-0.05, 0) is 44.3 Å². The Balaban J connectivity index is 4.44. The van der Waals surface area contributed by atoms with Crippen LogP contribution in [0, 0.1) is 20.2 Å². The molecule has 7 heteroatoms. The smallest absolute Gasteiger partial charge is 0.246 e. The molecule has 0 aromatic carbocycles. The van der Waals surface area contributed by atoms with Crippen molar-refractivity contribution in [2.75, 3.05) is 0 Å². The van der Waals surface area contributed by atoms with E-state index in [1.54, 1.807) is 18.2 Å². The lowest BCUT2D eigenvalue weighted by Crippen LogP contribution is -1.99. The van der Waals surface area contributed by atoms with E-state index in [4.69, 9.17) is 0 Å². The van der Waals surface area contributed by atoms with E-state index in [-0.39, 0.29) is 24.2 Å². The molecule has 0 aliphatic heterocycles. The zero-order valence-corrected chi connectivity index (χ0v) is 16.0. The lowest BCUT2D eigenvalue weighted by atomic mass is 10.1. The largest absolute Gasteiger partial charge is 0.303 e. The molecule has 150 valence electrons. The van der Waals surface area contributed by atoms with Gasteiger partial charge in [0.15, 0.2) is 0 Å². The van der Waals surface area contributed by atoms with Crippen molar-refractivity contribution in [1.82, 2.24) is 0 Å². The molecule has 27 heavy (non-hydrogen) atoms. The topological polar surface area (TPSA) is 103 Å². The summed E-state index contributed by atoms with van der Waals surface area (Å²) in [6.07, 6.45) is 17.7. The fourth-order valence-corrected chi connectivity index (χ4v) is 2.30. The lowest BCUT2D eigenvalue weighted by Gasteiger charge is -1.96. The molecule has 0 fully saturated rings. The molecule has 7 nitrogen and oxygen atoms in total. The number of nitro groups is 2. The highest BCUT2D eigenvalue weighted by Gasteiger charge is 2.09. The molecule has 0 radical (unpaired) electrons. The summed E-state index contributed by atoms with van der Waals surface area (Å²) in [5.74, 6) is 0. The van der Waals surface area contributed by atoms with E-state index in [0.29, 0.717) is 25.7 Å². The van der Waals surface area contributed by atoms with E-state index in [0.717, 1.165) is 19.1 Å². The van der Waals surface area contributed by atoms with E-state index in [9.17, 15) is 25.0 Å². The van der Waals surface area contributed by atoms with Crippen molar-refractivity contribution in [3.63, 3.8) is 0 Å². The molecule has 0 unspecified atom stereocenters. The second-order valence-electron chi connectivity index (χ2n) is 6.08. The molecule has 0 aliphatic rings. The molecule has 0 N–H and O–H groups in total. The summed E-state index contributed by atoms with van der Waals surface area (Å²) in [5, 5.41) is 22.0. The molecule has 0 aliphatic carbocycles. The predicted molar refractivity (Wildman–Crippen MR) is 106 cm³/mol. The average Bonchev–Trinajstić information content (AvgIpc) is 2.63. The van der Waals surface area contributed by atoms with Crippen molar-refractivity contribution in [3.05, 3.63) is 68.1 Å². The Kier molecular flexibility index (Phi) is 15.3. The molecule has 0 bridgehead atoms. The van der Waals surface area contributed by atoms with Gasteiger partial charge in [0.25, 0.3) is 0 Å². The molecule has 0 saturated carbocycles. The van der Waals surface area contributed by atoms with Crippen LogP contribution in [0.4, 0.5) is 0 Å². The summed E-state index contributed by atoms with van der Waals surface area (Å²) in [5.41, 5.74) is 0.189. The van der Waals surface area contributed by atoms with Gasteiger partial charge in [0.1, 0.15) is 6.29 Å². The molecule has 0 saturated heterocycles. The van der Waals surface area contributed by atoms with Crippen LogP contribution in [0.15, 0.2) is 47.9 Å². The molecule has 0 aromatic heterocycles. The predicted octanol–water partition coefficient (Wildman–Crippen LogP) is 5.54. The van der Waals surface area contributed by atoms with Crippen LogP contribution in [-0.2, 0) is 4.79 Å². The third-order valence-corrected chi connectivity index (χ3v) is 3.84. The fraction of sp³-hybridized carbons (Fsp3) is 0.550. The Morgan fingerprint density at radius 3 is 2.04 bits per heavy atom. The number of carbonyl (C=O) groups is 1. The zero-order chi connectivity index (χ0) is 20.3. The van der Waals surface area contributed by atoms with E-state index in [2.05, 4.69) is 6.92 Å². The molecule has 0 spiro atoms. The van der Waals surface area contributed by atoms with E-state index in [1.807, 2.05) is 12.2 Å². The maximum absolute atomic E-state index is 11.1. The monoisotopic (exact) mass is 378 g/mol. The molecule has 0 amide bonds. The van der Waals surface area contributed by atoms with Gasteiger partial charge in [0.2, 0.25) is 11.4 Å². The molecule has 0 aromatic rings. The van der Waals surface area contributed by atoms with Crippen molar-refractivity contribution in [2.24, 2.45) is 0 Å². The number of aldehydes is 1. The average molecular weight is 378 g/mol. The first-order chi connectivity index (χ1) is 13.0. The van der Waals surface area contributed by atoms with Crippen molar-refractivity contribution in [3.8, 4) is 0 Å². The number of nitrogens with zero attached hydrogens (tertiary/aromatic N) is 2. The van der Waals surface area contributed by atoms with E-state index >= 15 is 0 Å². The van der Waals surface area contributed by atoms with Crippen LogP contribution in [0.5, 0.6) is 0 Å². The minimum atomic E-state index is -0.451. The summed E-state index contributed by atoms with van der Waals surface area (Å²) in [6.45, 7) is 2.14. The van der Waals surface area contributed by atoms with Gasteiger partial charge >= 0.3 is 0 Å². The molecular weight excluding hydrogens is 348 g/mol. The summed E-state index contributed by atoms with van der Waals surface area (Å²) in [6, 6.07) is 0. The van der Waals surface area contributed by atoms with Gasteiger partial charge < -0.3 is 4.79 Å². The van der Waals surface area contributed by atoms with Crippen molar-refractivity contribution in [2.45, 2.75) is 71.1 Å². The van der Waals surface area contributed by atoms with Gasteiger partial charge in [0.05, 0.1) is 16.3 Å². The highest BCUT2D eigenvalue weighted by molar-refractivity contribution is 5.49. The number of unbranched alkanes of at least 4 members (excludes halogenated alkanes) is 4. The number of carbonyl (C=O) groups excluding carboxylic acids is 1. The summed E-state index contributed by atoms with van der Waals surface area (Å²) >= 11 is 0. The molecule has 0 heterocycles. The van der Waals surface area contributed by atoms with Crippen LogP contribution >= 0.6 is 0 Å². The van der Waals surface area contributed by atoms with E-state index < -0.39 is 9.85 Å². The zero-order valence-electron chi connectivity index (χ0n) is 16.0. The number of rotatable bonds is 16. The van der Waals surface area contributed by atoms with Crippen LogP contribution in [0.25, 0.3) is 0 Å². The van der Waals surface area contributed by atoms with Crippen LogP contribution in [-0.4, -0.2) is 16.1 Å². The lowest BCUT2D eigenvalue weighted by molar-refractivity contribution is -0.428. The van der Waals surface area contributed by atoms with Gasteiger partial charge in [-0.2, -0.15) is 0 Å². The van der Waals surface area contributed by atoms with E-state index in [1.165, 1.54) is 18.9 Å². The Morgan fingerprint density at radius 1 is 0.815 bits per heavy atom. The number of hydrogen-bond acceptors (Lipinski definition) is 5. The van der Waals surface area contributed by atoms with Crippen LogP contribution in [0.3, 0.4) is 0 Å². The highest BCUT2D eigenvalue weighted by Crippen LogP contribution is 2.10. The van der Waals surface area contributed by atoms with Crippen molar-refractivity contribution < 1.29 is 14.6 Å². The Bertz CT molecular complexity index is 577. The first-order valence-corrected chi connectivity index (χ1v) is 9.43. The van der Waals surface area contributed by atoms with Crippen molar-refractivity contribution >= 4 is 6.29 Å². The Hall–Kier alpha value is -2.57. The maximum Gasteiger partial charge on any atom is 0.246 e. The minimum absolute atomic E-state index is 0.0692. The second-order valence-corrected chi connectivity index (χ2v) is 6.08. The quantitative estimate of drug-likeness (QED) is 0.115. The van der Waals surface area contributed by atoms with Gasteiger partial charge in [-0.3, -0.25) is 20.2 Å². The van der Waals surface area contributed by atoms with Crippen molar-refractivity contribution in [1.29, 1.82) is 0 Å². The fourth-order valence-electron chi connectivity index (χ4n) is 2.30. The van der Waals surface area contributed by atoms with Gasteiger partial charge in [-0.25, -0.2) is 0 Å². The standard InChI is InChI=1S/C20H30N2O5/c1-2-3-4-5-6-7-9-14-19(21(24)25)15-10-8-11-16-20(22(26)27)17-12-13-18-23/h6-8,10,14,16,18H,2-5,9,11-13,15,17H2,1H3/b7-6+,10-8+,19-14-,20-16-. The van der Waals surface area contributed by atoms with Crippen LogP contribution in [0.1, 0.15) is 71.1 Å². The van der Waals surface area contributed by atoms with Crippen LogP contribution < -0.4 is 0 Å². The third-order valence-electron chi connectivity index (χ3n) is 3.84. The molecule has 0 atom stereocenters. The summed E-state index contributed by atoms with van der Waals surface area (Å²) in [7, 11) is 0. The normalized spacial score (nSPS) is 12.8. The van der Waals surface area contributed by atoms with Gasteiger partial charge in [0, 0.05) is 12.8 Å². The van der Waals surface area contributed by atoms with Gasteiger partial charge in [-0.15, -0.1) is 0 Å². The molecule has 0 rings (SSSR count). The van der Waals surface area contributed by atoms with Crippen LogP contribution in [0.2, 0.25) is 0 Å². The maximum atomic E-state index is 11.1. The highest BCUT2D eigenvalue weighted by atomic mass is 16.6. The SMILES string of the molecule is CCCCC/C=C/C/C=C(/C/C=C/C/C=C(/CCCC=O)[N+](=O)[O-])[N+](=O)[O-]. The first-order valence-electron chi connectivity index (χ1n) is 9.43. The second kappa shape index (κ2) is 16.9. The summed E-state index contributed by atoms with van der Waals surface area (Å²) in [4.78, 5) is 31.4. The summed E-state index contributed by atoms with van der Waals surface area (Å²) < 4.78 is 0. The number of hydrogen-bond donors (Lipinski definition) is 0. The molecular formula is C20H30N2O5.